The number of rotatable bonds is 2. The third kappa shape index (κ3) is 3.47. The Balaban J connectivity index is 1.65. The number of halogens is 1. The molecule has 0 unspecified atom stereocenters. The molecule has 2 aromatic carbocycles. The van der Waals surface area contributed by atoms with E-state index < -0.39 is 0 Å². The van der Waals surface area contributed by atoms with E-state index in [1.807, 2.05) is 12.1 Å². The highest BCUT2D eigenvalue weighted by Crippen LogP contribution is 2.25. The van der Waals surface area contributed by atoms with E-state index in [-0.39, 0.29) is 6.03 Å². The van der Waals surface area contributed by atoms with Gasteiger partial charge in [-0.15, -0.1) is 0 Å². The lowest BCUT2D eigenvalue weighted by molar-refractivity contribution is 0.262. The fourth-order valence-electron chi connectivity index (χ4n) is 2.37. The van der Waals surface area contributed by atoms with Crippen molar-refractivity contribution in [3.05, 3.63) is 53.1 Å². The van der Waals surface area contributed by atoms with Crippen LogP contribution in [0, 0.1) is 0 Å². The highest BCUT2D eigenvalue weighted by Gasteiger charge is 2.10. The van der Waals surface area contributed by atoms with Crippen molar-refractivity contribution in [3.8, 4) is 0 Å². The van der Waals surface area contributed by atoms with Crippen LogP contribution in [0.1, 0.15) is 12.0 Å². The number of nitrogens with one attached hydrogen (secondary N) is 3. The van der Waals surface area contributed by atoms with Gasteiger partial charge in [-0.3, -0.25) is 0 Å². The van der Waals surface area contributed by atoms with Gasteiger partial charge in [0, 0.05) is 28.6 Å². The molecular weight excluding hydrogens is 286 g/mol. The molecule has 4 nitrogen and oxygen atoms in total. The van der Waals surface area contributed by atoms with E-state index in [0.717, 1.165) is 30.8 Å². The largest absolute Gasteiger partial charge is 0.385 e. The van der Waals surface area contributed by atoms with E-state index in [2.05, 4.69) is 22.0 Å². The average Bonchev–Trinajstić information content (AvgIpc) is 2.49. The zero-order valence-corrected chi connectivity index (χ0v) is 12.2. The van der Waals surface area contributed by atoms with Crippen molar-refractivity contribution in [1.29, 1.82) is 0 Å². The highest BCUT2D eigenvalue weighted by atomic mass is 35.5. The van der Waals surface area contributed by atoms with E-state index in [0.29, 0.717) is 10.7 Å². The number of carbonyl (C=O) groups is 1. The molecule has 0 radical (unpaired) electrons. The fraction of sp³-hybridized carbons (Fsp3) is 0.188. The number of hydrogen-bond acceptors (Lipinski definition) is 2. The zero-order valence-electron chi connectivity index (χ0n) is 11.4. The number of amides is 2. The number of carbonyl (C=O) groups excluding carboxylic acids is 1. The molecule has 0 aliphatic carbocycles. The van der Waals surface area contributed by atoms with Gasteiger partial charge in [-0.05, 0) is 54.8 Å². The Morgan fingerprint density at radius 1 is 1.05 bits per heavy atom. The summed E-state index contributed by atoms with van der Waals surface area (Å²) in [5.74, 6) is 0. The van der Waals surface area contributed by atoms with Crippen molar-refractivity contribution >= 4 is 34.7 Å². The van der Waals surface area contributed by atoms with Crippen molar-refractivity contribution in [2.24, 2.45) is 0 Å². The van der Waals surface area contributed by atoms with Crippen LogP contribution in [0.3, 0.4) is 0 Å². The molecule has 3 rings (SSSR count). The summed E-state index contributed by atoms with van der Waals surface area (Å²) in [7, 11) is 0. The van der Waals surface area contributed by atoms with Gasteiger partial charge in [0.05, 0.1) is 0 Å². The standard InChI is InChI=1S/C16H16ClN3O/c17-12-4-7-13(8-5-12)19-16(21)20-14-6-3-11-2-1-9-18-15(11)10-14/h3-8,10,18H,1-2,9H2,(H2,19,20,21). The monoisotopic (exact) mass is 301 g/mol. The van der Waals surface area contributed by atoms with Crippen LogP contribution < -0.4 is 16.0 Å². The maximum absolute atomic E-state index is 12.0. The van der Waals surface area contributed by atoms with Crippen LogP contribution in [0.15, 0.2) is 42.5 Å². The molecule has 0 saturated heterocycles. The van der Waals surface area contributed by atoms with E-state index >= 15 is 0 Å². The SMILES string of the molecule is O=C(Nc1ccc(Cl)cc1)Nc1ccc2c(c1)NCCC2. The van der Waals surface area contributed by atoms with Crippen LogP contribution in [0.4, 0.5) is 21.9 Å². The molecule has 3 N–H and O–H groups in total. The summed E-state index contributed by atoms with van der Waals surface area (Å²) in [4.78, 5) is 12.0. The summed E-state index contributed by atoms with van der Waals surface area (Å²) >= 11 is 5.81. The number of urea groups is 1. The molecule has 0 saturated carbocycles. The van der Waals surface area contributed by atoms with Crippen LogP contribution in [0.2, 0.25) is 5.02 Å². The van der Waals surface area contributed by atoms with Crippen LogP contribution in [-0.2, 0) is 6.42 Å². The summed E-state index contributed by atoms with van der Waals surface area (Å²) in [6.45, 7) is 0.980. The molecule has 1 heterocycles. The lowest BCUT2D eigenvalue weighted by Gasteiger charge is -2.19. The van der Waals surface area contributed by atoms with Gasteiger partial charge in [0.15, 0.2) is 0 Å². The number of hydrogen-bond donors (Lipinski definition) is 3. The Labute approximate surface area is 128 Å². The maximum Gasteiger partial charge on any atom is 0.323 e. The minimum atomic E-state index is -0.270. The summed E-state index contributed by atoms with van der Waals surface area (Å²) in [6, 6.07) is 12.7. The van der Waals surface area contributed by atoms with Crippen molar-refractivity contribution in [1.82, 2.24) is 0 Å². The van der Waals surface area contributed by atoms with Crippen LogP contribution in [0.5, 0.6) is 0 Å². The maximum atomic E-state index is 12.0. The predicted molar refractivity (Wildman–Crippen MR) is 87.3 cm³/mol. The van der Waals surface area contributed by atoms with Crippen molar-refractivity contribution < 1.29 is 4.79 Å². The molecule has 2 aromatic rings. The van der Waals surface area contributed by atoms with E-state index in [4.69, 9.17) is 11.6 Å². The molecule has 1 aliphatic rings. The van der Waals surface area contributed by atoms with Gasteiger partial charge in [-0.2, -0.15) is 0 Å². The second kappa shape index (κ2) is 6.06. The van der Waals surface area contributed by atoms with Gasteiger partial charge < -0.3 is 16.0 Å². The van der Waals surface area contributed by atoms with Crippen LogP contribution >= 0.6 is 11.6 Å². The number of anilines is 3. The molecule has 108 valence electrons. The Morgan fingerprint density at radius 2 is 1.76 bits per heavy atom. The Morgan fingerprint density at radius 3 is 2.57 bits per heavy atom. The molecule has 5 heteroatoms. The molecule has 2 amide bonds. The van der Waals surface area contributed by atoms with E-state index in [9.17, 15) is 4.79 Å². The molecular formula is C16H16ClN3O. The third-order valence-corrected chi connectivity index (χ3v) is 3.66. The van der Waals surface area contributed by atoms with Crippen molar-refractivity contribution in [2.45, 2.75) is 12.8 Å². The van der Waals surface area contributed by atoms with E-state index in [1.54, 1.807) is 24.3 Å². The Hall–Kier alpha value is -2.20. The predicted octanol–water partition coefficient (Wildman–Crippen LogP) is 4.34. The van der Waals surface area contributed by atoms with Gasteiger partial charge in [-0.25, -0.2) is 4.79 Å². The molecule has 0 fully saturated rings. The quantitative estimate of drug-likeness (QED) is 0.773. The Bertz CT molecular complexity index is 655. The number of benzene rings is 2. The number of fused-ring (bicyclic) bond motifs is 1. The lowest BCUT2D eigenvalue weighted by Crippen LogP contribution is -2.20. The van der Waals surface area contributed by atoms with Gasteiger partial charge in [0.25, 0.3) is 0 Å². The van der Waals surface area contributed by atoms with Crippen molar-refractivity contribution in [3.63, 3.8) is 0 Å². The van der Waals surface area contributed by atoms with Gasteiger partial charge in [0.2, 0.25) is 0 Å². The van der Waals surface area contributed by atoms with E-state index in [1.165, 1.54) is 5.56 Å². The first-order chi connectivity index (χ1) is 10.2. The summed E-state index contributed by atoms with van der Waals surface area (Å²) in [5, 5.41) is 9.59. The second-order valence-electron chi connectivity index (χ2n) is 4.99. The highest BCUT2D eigenvalue weighted by molar-refractivity contribution is 6.30. The average molecular weight is 302 g/mol. The summed E-state index contributed by atoms with van der Waals surface area (Å²) in [6.07, 6.45) is 2.23. The molecule has 1 aliphatic heterocycles. The minimum absolute atomic E-state index is 0.270. The zero-order chi connectivity index (χ0) is 14.7. The molecule has 21 heavy (non-hydrogen) atoms. The topological polar surface area (TPSA) is 53.2 Å². The minimum Gasteiger partial charge on any atom is -0.385 e. The lowest BCUT2D eigenvalue weighted by atomic mass is 10.0. The number of aryl methyl sites for hydroxylation is 1. The first kappa shape index (κ1) is 13.8. The smallest absolute Gasteiger partial charge is 0.323 e. The fourth-order valence-corrected chi connectivity index (χ4v) is 2.49. The van der Waals surface area contributed by atoms with Crippen LogP contribution in [-0.4, -0.2) is 12.6 Å². The summed E-state index contributed by atoms with van der Waals surface area (Å²) in [5.41, 5.74) is 3.87. The molecule has 0 bridgehead atoms. The van der Waals surface area contributed by atoms with Crippen LogP contribution in [0.25, 0.3) is 0 Å². The molecule has 0 aromatic heterocycles. The first-order valence-electron chi connectivity index (χ1n) is 6.91. The Kier molecular flexibility index (Phi) is 3.97. The molecule has 0 spiro atoms. The van der Waals surface area contributed by atoms with Gasteiger partial charge >= 0.3 is 6.03 Å². The molecule has 0 atom stereocenters. The van der Waals surface area contributed by atoms with Gasteiger partial charge in [0.1, 0.15) is 0 Å². The van der Waals surface area contributed by atoms with Crippen molar-refractivity contribution in [2.75, 3.05) is 22.5 Å². The second-order valence-corrected chi connectivity index (χ2v) is 5.42. The normalized spacial score (nSPS) is 13.0. The summed E-state index contributed by atoms with van der Waals surface area (Å²) < 4.78 is 0. The first-order valence-corrected chi connectivity index (χ1v) is 7.29. The third-order valence-electron chi connectivity index (χ3n) is 3.41. The van der Waals surface area contributed by atoms with Gasteiger partial charge in [-0.1, -0.05) is 17.7 Å².